The van der Waals surface area contributed by atoms with E-state index in [1.165, 1.54) is 0 Å². The molecule has 0 saturated carbocycles. The van der Waals surface area contributed by atoms with E-state index in [1.807, 2.05) is 30.3 Å². The Bertz CT molecular complexity index is 564. The van der Waals surface area contributed by atoms with Gasteiger partial charge in [0, 0.05) is 6.42 Å². The minimum absolute atomic E-state index is 0.214. The van der Waals surface area contributed by atoms with E-state index >= 15 is 0 Å². The predicted molar refractivity (Wildman–Crippen MR) is 86.5 cm³/mol. The monoisotopic (exact) mass is 337 g/mol. The first-order valence-electron chi connectivity index (χ1n) is 7.59. The van der Waals surface area contributed by atoms with Gasteiger partial charge in [0.2, 0.25) is 0 Å². The molecule has 0 aliphatic heterocycles. The third-order valence-electron chi connectivity index (χ3n) is 2.82. The number of esters is 1. The molecular weight excluding hydrogens is 314 g/mol. The van der Waals surface area contributed by atoms with Crippen molar-refractivity contribution in [2.24, 2.45) is 0 Å². The molecule has 0 bridgehead atoms. The van der Waals surface area contributed by atoms with E-state index in [0.717, 1.165) is 5.56 Å². The molecule has 1 aromatic rings. The van der Waals surface area contributed by atoms with Crippen molar-refractivity contribution in [1.82, 2.24) is 5.32 Å². The largest absolute Gasteiger partial charge is 0.481 e. The molecule has 0 saturated heterocycles. The number of carboxylic acid groups (broad SMARTS) is 1. The van der Waals surface area contributed by atoms with Gasteiger partial charge in [-0.2, -0.15) is 0 Å². The van der Waals surface area contributed by atoms with E-state index in [0.29, 0.717) is 0 Å². The number of ether oxygens (including phenoxy) is 2. The average molecular weight is 337 g/mol. The number of carbonyl (C=O) groups excluding carboxylic acids is 2. The van der Waals surface area contributed by atoms with Gasteiger partial charge < -0.3 is 19.9 Å². The first-order valence-corrected chi connectivity index (χ1v) is 7.59. The normalized spacial score (nSPS) is 12.1. The molecule has 0 aliphatic rings. The zero-order valence-corrected chi connectivity index (χ0v) is 14.1. The molecule has 1 rings (SSSR count). The van der Waals surface area contributed by atoms with Crippen molar-refractivity contribution in [1.29, 1.82) is 0 Å². The Morgan fingerprint density at radius 1 is 1.17 bits per heavy atom. The van der Waals surface area contributed by atoms with Crippen LogP contribution in [0.15, 0.2) is 30.3 Å². The van der Waals surface area contributed by atoms with E-state index < -0.39 is 29.7 Å². The SMILES string of the molecule is CC(C)(C)OC(=O)NC(Cc1ccccc1)C(=O)OCCC(=O)O. The van der Waals surface area contributed by atoms with Crippen LogP contribution in [0.5, 0.6) is 0 Å². The number of nitrogens with one attached hydrogen (secondary N) is 1. The highest BCUT2D eigenvalue weighted by Gasteiger charge is 2.26. The van der Waals surface area contributed by atoms with Crippen molar-refractivity contribution in [3.8, 4) is 0 Å². The van der Waals surface area contributed by atoms with E-state index in [1.54, 1.807) is 20.8 Å². The molecule has 1 amide bonds. The zero-order valence-electron chi connectivity index (χ0n) is 14.1. The summed E-state index contributed by atoms with van der Waals surface area (Å²) in [6.07, 6.45) is -0.819. The molecular formula is C17H23NO6. The van der Waals surface area contributed by atoms with Crippen molar-refractivity contribution < 1.29 is 29.0 Å². The van der Waals surface area contributed by atoms with Crippen LogP contribution < -0.4 is 5.32 Å². The maximum absolute atomic E-state index is 12.1. The van der Waals surface area contributed by atoms with Gasteiger partial charge in [-0.3, -0.25) is 4.79 Å². The Balaban J connectivity index is 2.73. The highest BCUT2D eigenvalue weighted by atomic mass is 16.6. The van der Waals surface area contributed by atoms with E-state index in [9.17, 15) is 14.4 Å². The number of benzene rings is 1. The number of amides is 1. The first-order chi connectivity index (χ1) is 11.2. The third-order valence-corrected chi connectivity index (χ3v) is 2.82. The number of carbonyl (C=O) groups is 3. The molecule has 132 valence electrons. The smallest absolute Gasteiger partial charge is 0.408 e. The molecule has 0 aliphatic carbocycles. The molecule has 2 N–H and O–H groups in total. The summed E-state index contributed by atoms with van der Waals surface area (Å²) in [4.78, 5) is 34.6. The van der Waals surface area contributed by atoms with Crippen LogP contribution in [-0.4, -0.2) is 41.4 Å². The van der Waals surface area contributed by atoms with Gasteiger partial charge in [0.15, 0.2) is 0 Å². The lowest BCUT2D eigenvalue weighted by Gasteiger charge is -2.23. The van der Waals surface area contributed by atoms with Crippen molar-refractivity contribution in [3.05, 3.63) is 35.9 Å². The summed E-state index contributed by atoms with van der Waals surface area (Å²) < 4.78 is 10.1. The molecule has 0 spiro atoms. The average Bonchev–Trinajstić information content (AvgIpc) is 2.45. The van der Waals surface area contributed by atoms with Gasteiger partial charge >= 0.3 is 18.0 Å². The van der Waals surface area contributed by atoms with Crippen LogP contribution in [0, 0.1) is 0 Å². The van der Waals surface area contributed by atoms with Gasteiger partial charge in [0.1, 0.15) is 18.2 Å². The summed E-state index contributed by atoms with van der Waals surface area (Å²) in [5, 5.41) is 11.1. The second kappa shape index (κ2) is 8.90. The molecule has 7 heteroatoms. The molecule has 0 fully saturated rings. The fraction of sp³-hybridized carbons (Fsp3) is 0.471. The van der Waals surface area contributed by atoms with Gasteiger partial charge in [0.05, 0.1) is 6.42 Å². The third kappa shape index (κ3) is 8.17. The highest BCUT2D eigenvalue weighted by molar-refractivity contribution is 5.82. The molecule has 1 aromatic carbocycles. The molecule has 24 heavy (non-hydrogen) atoms. The van der Waals surface area contributed by atoms with Crippen LogP contribution in [0.1, 0.15) is 32.8 Å². The number of alkyl carbamates (subject to hydrolysis) is 1. The quantitative estimate of drug-likeness (QED) is 0.739. The lowest BCUT2D eigenvalue weighted by Crippen LogP contribution is -2.45. The highest BCUT2D eigenvalue weighted by Crippen LogP contribution is 2.09. The Kier molecular flexibility index (Phi) is 7.23. The topological polar surface area (TPSA) is 102 Å². The number of aliphatic carboxylic acids is 1. The van der Waals surface area contributed by atoms with Crippen LogP contribution in [0.4, 0.5) is 4.79 Å². The molecule has 1 atom stereocenters. The van der Waals surface area contributed by atoms with Gasteiger partial charge in [0.25, 0.3) is 0 Å². The second-order valence-corrected chi connectivity index (χ2v) is 6.20. The lowest BCUT2D eigenvalue weighted by atomic mass is 10.1. The summed E-state index contributed by atoms with van der Waals surface area (Å²) >= 11 is 0. The van der Waals surface area contributed by atoms with Gasteiger partial charge in [-0.15, -0.1) is 0 Å². The fourth-order valence-electron chi connectivity index (χ4n) is 1.83. The predicted octanol–water partition coefficient (Wildman–Crippen LogP) is 2.14. The minimum Gasteiger partial charge on any atom is -0.481 e. The summed E-state index contributed by atoms with van der Waals surface area (Å²) in [7, 11) is 0. The summed E-state index contributed by atoms with van der Waals surface area (Å²) in [5.41, 5.74) is 0.128. The standard InChI is InChI=1S/C17H23NO6/c1-17(2,3)24-16(22)18-13(11-12-7-5-4-6-8-12)15(21)23-10-9-14(19)20/h4-8,13H,9-11H2,1-3H3,(H,18,22)(H,19,20). The molecule has 0 aromatic heterocycles. The van der Waals surface area contributed by atoms with Gasteiger partial charge in [-0.05, 0) is 26.3 Å². The van der Waals surface area contributed by atoms with Crippen LogP contribution in [0.25, 0.3) is 0 Å². The number of hydrogen-bond acceptors (Lipinski definition) is 5. The summed E-state index contributed by atoms with van der Waals surface area (Å²) in [5.74, 6) is -1.77. The molecule has 0 heterocycles. The van der Waals surface area contributed by atoms with Gasteiger partial charge in [-0.25, -0.2) is 9.59 Å². The summed E-state index contributed by atoms with van der Waals surface area (Å²) in [6, 6.07) is 8.13. The van der Waals surface area contributed by atoms with E-state index in [-0.39, 0.29) is 19.4 Å². The van der Waals surface area contributed by atoms with Crippen LogP contribution in [-0.2, 0) is 25.5 Å². The van der Waals surface area contributed by atoms with Crippen molar-refractivity contribution in [2.45, 2.75) is 45.3 Å². The minimum atomic E-state index is -1.07. The Labute approximate surface area is 141 Å². The summed E-state index contributed by atoms with van der Waals surface area (Å²) in [6.45, 7) is 4.88. The molecule has 7 nitrogen and oxygen atoms in total. The fourth-order valence-corrected chi connectivity index (χ4v) is 1.83. The number of hydrogen-bond donors (Lipinski definition) is 2. The molecule has 0 radical (unpaired) electrons. The van der Waals surface area contributed by atoms with Crippen molar-refractivity contribution in [2.75, 3.05) is 6.61 Å². The van der Waals surface area contributed by atoms with E-state index in [2.05, 4.69) is 5.32 Å². The lowest BCUT2D eigenvalue weighted by molar-refractivity contribution is -0.148. The second-order valence-electron chi connectivity index (χ2n) is 6.20. The Morgan fingerprint density at radius 2 is 1.79 bits per heavy atom. The molecule has 1 unspecified atom stereocenters. The Morgan fingerprint density at radius 3 is 2.33 bits per heavy atom. The van der Waals surface area contributed by atoms with Crippen molar-refractivity contribution in [3.63, 3.8) is 0 Å². The maximum Gasteiger partial charge on any atom is 0.408 e. The number of carboxylic acids is 1. The van der Waals surface area contributed by atoms with Gasteiger partial charge in [-0.1, -0.05) is 30.3 Å². The van der Waals surface area contributed by atoms with Crippen LogP contribution >= 0.6 is 0 Å². The zero-order chi connectivity index (χ0) is 18.2. The first kappa shape index (κ1) is 19.5. The van der Waals surface area contributed by atoms with E-state index in [4.69, 9.17) is 14.6 Å². The Hall–Kier alpha value is -2.57. The van der Waals surface area contributed by atoms with Crippen molar-refractivity contribution >= 4 is 18.0 Å². The number of rotatable bonds is 7. The van der Waals surface area contributed by atoms with Crippen LogP contribution in [0.3, 0.4) is 0 Å². The van der Waals surface area contributed by atoms with Crippen LogP contribution in [0.2, 0.25) is 0 Å². The maximum atomic E-state index is 12.1.